The summed E-state index contributed by atoms with van der Waals surface area (Å²) in [6, 6.07) is 8.33. The predicted octanol–water partition coefficient (Wildman–Crippen LogP) is 1.86. The molecule has 5 nitrogen and oxygen atoms in total. The van der Waals surface area contributed by atoms with Crippen LogP contribution in [-0.2, 0) is 23.9 Å². The van der Waals surface area contributed by atoms with Gasteiger partial charge >= 0.3 is 0 Å². The second kappa shape index (κ2) is 6.16. The summed E-state index contributed by atoms with van der Waals surface area (Å²) >= 11 is 0. The van der Waals surface area contributed by atoms with Gasteiger partial charge in [0.05, 0.1) is 12.7 Å². The summed E-state index contributed by atoms with van der Waals surface area (Å²) in [5.74, 6) is 0.269. The molecule has 0 spiro atoms. The number of aromatic nitrogens is 2. The molecule has 1 aromatic carbocycles. The Morgan fingerprint density at radius 2 is 2.26 bits per heavy atom. The largest absolute Gasteiger partial charge is 0.383 e. The van der Waals surface area contributed by atoms with Crippen LogP contribution < -0.4 is 5.32 Å². The van der Waals surface area contributed by atoms with Crippen molar-refractivity contribution in [3.63, 3.8) is 0 Å². The van der Waals surface area contributed by atoms with E-state index in [-0.39, 0.29) is 18.4 Å². The summed E-state index contributed by atoms with van der Waals surface area (Å²) in [6.45, 7) is 1.88. The minimum atomic E-state index is -1.11. The average Bonchev–Trinajstić information content (AvgIpc) is 3.13. The molecule has 23 heavy (non-hydrogen) atoms. The Morgan fingerprint density at radius 1 is 1.48 bits per heavy atom. The van der Waals surface area contributed by atoms with Crippen LogP contribution in [0.25, 0.3) is 0 Å². The summed E-state index contributed by atoms with van der Waals surface area (Å²) in [5.41, 5.74) is 2.23. The van der Waals surface area contributed by atoms with Crippen molar-refractivity contribution in [3.05, 3.63) is 53.3 Å². The molecule has 1 amide bonds. The smallest absolute Gasteiger partial charge is 0.220 e. The number of hydrogen-bond donors (Lipinski definition) is 2. The molecule has 1 aliphatic carbocycles. The summed E-state index contributed by atoms with van der Waals surface area (Å²) in [4.78, 5) is 12.2. The van der Waals surface area contributed by atoms with Gasteiger partial charge in [-0.3, -0.25) is 9.48 Å². The van der Waals surface area contributed by atoms with Crippen molar-refractivity contribution < 1.29 is 9.90 Å². The molecule has 1 aromatic heterocycles. The lowest BCUT2D eigenvalue weighted by Crippen LogP contribution is -2.38. The van der Waals surface area contributed by atoms with Crippen molar-refractivity contribution in [1.82, 2.24) is 15.1 Å². The Kier molecular flexibility index (Phi) is 4.22. The van der Waals surface area contributed by atoms with E-state index in [9.17, 15) is 9.90 Å². The number of hydrogen-bond acceptors (Lipinski definition) is 3. The van der Waals surface area contributed by atoms with Gasteiger partial charge in [0, 0.05) is 25.2 Å². The molecule has 0 bridgehead atoms. The van der Waals surface area contributed by atoms with Crippen LogP contribution in [-0.4, -0.2) is 27.3 Å². The molecule has 1 aliphatic rings. The van der Waals surface area contributed by atoms with Gasteiger partial charge in [-0.15, -0.1) is 0 Å². The molecule has 0 saturated heterocycles. The molecule has 2 N–H and O–H groups in total. The fourth-order valence-corrected chi connectivity index (χ4v) is 3.23. The number of carbonyl (C=O) groups excluding carboxylic acids is 1. The van der Waals surface area contributed by atoms with E-state index >= 15 is 0 Å². The quantitative estimate of drug-likeness (QED) is 0.885. The van der Waals surface area contributed by atoms with E-state index in [0.717, 1.165) is 12.8 Å². The van der Waals surface area contributed by atoms with Crippen LogP contribution in [0.3, 0.4) is 0 Å². The van der Waals surface area contributed by atoms with E-state index in [0.29, 0.717) is 12.0 Å². The van der Waals surface area contributed by atoms with E-state index in [1.165, 1.54) is 11.1 Å². The molecule has 2 atom stereocenters. The van der Waals surface area contributed by atoms with Gasteiger partial charge in [-0.05, 0) is 36.8 Å². The van der Waals surface area contributed by atoms with Crippen molar-refractivity contribution in [2.75, 3.05) is 6.54 Å². The molecule has 0 radical (unpaired) electrons. The van der Waals surface area contributed by atoms with Crippen LogP contribution in [0, 0.1) is 0 Å². The van der Waals surface area contributed by atoms with Gasteiger partial charge in [-0.25, -0.2) is 0 Å². The first-order valence-electron chi connectivity index (χ1n) is 8.02. The summed E-state index contributed by atoms with van der Waals surface area (Å²) < 4.78 is 1.64. The number of rotatable bonds is 5. The van der Waals surface area contributed by atoms with Crippen LogP contribution >= 0.6 is 0 Å². The Labute approximate surface area is 136 Å². The highest BCUT2D eigenvalue weighted by atomic mass is 16.3. The zero-order chi connectivity index (χ0) is 16.4. The predicted molar refractivity (Wildman–Crippen MR) is 87.9 cm³/mol. The summed E-state index contributed by atoms with van der Waals surface area (Å²) in [7, 11) is 1.80. The monoisotopic (exact) mass is 313 g/mol. The number of nitrogens with zero attached hydrogens (tertiary/aromatic N) is 2. The molecule has 0 aliphatic heterocycles. The summed E-state index contributed by atoms with van der Waals surface area (Å²) in [5, 5.41) is 17.4. The van der Waals surface area contributed by atoms with Crippen molar-refractivity contribution in [2.45, 2.75) is 37.7 Å². The summed E-state index contributed by atoms with van der Waals surface area (Å²) in [6.07, 6.45) is 5.92. The maximum Gasteiger partial charge on any atom is 0.220 e. The lowest BCUT2D eigenvalue weighted by Gasteiger charge is -2.22. The first-order valence-corrected chi connectivity index (χ1v) is 8.02. The van der Waals surface area contributed by atoms with E-state index in [4.69, 9.17) is 0 Å². The Bertz CT molecular complexity index is 706. The Morgan fingerprint density at radius 3 is 3.00 bits per heavy atom. The number of benzene rings is 1. The SMILES string of the molecule is Cn1cc(C(C)(O)CNC(=O)CC2CCc3ccccc32)cn1. The van der Waals surface area contributed by atoms with Gasteiger partial charge in [-0.1, -0.05) is 24.3 Å². The second-order valence-corrected chi connectivity index (χ2v) is 6.59. The van der Waals surface area contributed by atoms with E-state index in [1.807, 2.05) is 12.1 Å². The van der Waals surface area contributed by atoms with Crippen molar-refractivity contribution >= 4 is 5.91 Å². The van der Waals surface area contributed by atoms with Crippen molar-refractivity contribution in [2.24, 2.45) is 7.05 Å². The third kappa shape index (κ3) is 3.45. The number of nitrogens with one attached hydrogen (secondary N) is 1. The first-order chi connectivity index (χ1) is 11.0. The maximum atomic E-state index is 12.2. The van der Waals surface area contributed by atoms with Gasteiger partial charge < -0.3 is 10.4 Å². The van der Waals surface area contributed by atoms with Crippen molar-refractivity contribution in [1.29, 1.82) is 0 Å². The zero-order valence-corrected chi connectivity index (χ0v) is 13.6. The molecule has 0 saturated carbocycles. The van der Waals surface area contributed by atoms with Crippen LogP contribution in [0.2, 0.25) is 0 Å². The van der Waals surface area contributed by atoms with Crippen LogP contribution in [0.1, 0.15) is 42.4 Å². The minimum Gasteiger partial charge on any atom is -0.383 e. The number of aryl methyl sites for hydroxylation is 2. The maximum absolute atomic E-state index is 12.2. The first kappa shape index (κ1) is 15.7. The van der Waals surface area contributed by atoms with E-state index < -0.39 is 5.60 Å². The molecular formula is C18H23N3O2. The molecule has 5 heteroatoms. The fourth-order valence-electron chi connectivity index (χ4n) is 3.23. The highest BCUT2D eigenvalue weighted by Crippen LogP contribution is 2.35. The average molecular weight is 313 g/mol. The van der Waals surface area contributed by atoms with Gasteiger partial charge in [0.15, 0.2) is 0 Å². The molecule has 1 heterocycles. The molecule has 122 valence electrons. The Balaban J connectivity index is 1.56. The highest BCUT2D eigenvalue weighted by molar-refractivity contribution is 5.77. The standard InChI is InChI=1S/C18H23N3O2/c1-18(23,15-10-20-21(2)11-15)12-19-17(22)9-14-8-7-13-5-3-4-6-16(13)14/h3-6,10-11,14,23H,7-9,12H2,1-2H3,(H,19,22). The molecule has 2 unspecified atom stereocenters. The third-order valence-electron chi connectivity index (χ3n) is 4.65. The lowest BCUT2D eigenvalue weighted by atomic mass is 9.96. The van der Waals surface area contributed by atoms with E-state index in [2.05, 4.69) is 22.5 Å². The Hall–Kier alpha value is -2.14. The molecule has 2 aromatic rings. The van der Waals surface area contributed by atoms with Gasteiger partial charge in [0.25, 0.3) is 0 Å². The minimum absolute atomic E-state index is 0.0177. The normalized spacial score (nSPS) is 19.2. The van der Waals surface area contributed by atoms with Gasteiger partial charge in [0.2, 0.25) is 5.91 Å². The van der Waals surface area contributed by atoms with E-state index in [1.54, 1.807) is 31.0 Å². The zero-order valence-electron chi connectivity index (χ0n) is 13.6. The number of fused-ring (bicyclic) bond motifs is 1. The molecule has 0 fully saturated rings. The number of aliphatic hydroxyl groups is 1. The highest BCUT2D eigenvalue weighted by Gasteiger charge is 2.27. The van der Waals surface area contributed by atoms with Crippen LogP contribution in [0.5, 0.6) is 0 Å². The fraction of sp³-hybridized carbons (Fsp3) is 0.444. The number of amides is 1. The third-order valence-corrected chi connectivity index (χ3v) is 4.65. The lowest BCUT2D eigenvalue weighted by molar-refractivity contribution is -0.122. The topological polar surface area (TPSA) is 67.2 Å². The van der Waals surface area contributed by atoms with Crippen LogP contribution in [0.15, 0.2) is 36.7 Å². The number of carbonyl (C=O) groups is 1. The molecular weight excluding hydrogens is 290 g/mol. The molecule has 3 rings (SSSR count). The van der Waals surface area contributed by atoms with Gasteiger partial charge in [0.1, 0.15) is 5.60 Å². The second-order valence-electron chi connectivity index (χ2n) is 6.59. The van der Waals surface area contributed by atoms with Gasteiger partial charge in [-0.2, -0.15) is 5.10 Å². The van der Waals surface area contributed by atoms with Crippen molar-refractivity contribution in [3.8, 4) is 0 Å². The van der Waals surface area contributed by atoms with Crippen LogP contribution in [0.4, 0.5) is 0 Å².